The molecule has 0 fully saturated rings. The summed E-state index contributed by atoms with van der Waals surface area (Å²) in [5, 5.41) is 40.3. The van der Waals surface area contributed by atoms with Crippen LogP contribution in [0.4, 0.5) is 5.69 Å². The zero-order valence-electron chi connectivity index (χ0n) is 12.2. The van der Waals surface area contributed by atoms with Crippen molar-refractivity contribution in [2.75, 3.05) is 0 Å². The van der Waals surface area contributed by atoms with Crippen molar-refractivity contribution < 1.29 is 25.2 Å². The molecule has 0 aliphatic carbocycles. The predicted molar refractivity (Wildman–Crippen MR) is 88.9 cm³/mol. The Morgan fingerprint density at radius 1 is 0.958 bits per heavy atom. The van der Waals surface area contributed by atoms with Crippen LogP contribution < -0.4 is 0 Å². The lowest BCUT2D eigenvalue weighted by Gasteiger charge is -2.06. The highest BCUT2D eigenvalue weighted by atomic mass is 16.4. The summed E-state index contributed by atoms with van der Waals surface area (Å²) in [5.41, 5.74) is 0.886. The molecule has 0 atom stereocenters. The molecule has 2 aromatic carbocycles. The Hall–Kier alpha value is -3.61. The van der Waals surface area contributed by atoms with Crippen molar-refractivity contribution in [3.8, 4) is 17.2 Å². The van der Waals surface area contributed by atoms with E-state index < -0.39 is 11.7 Å². The third-order valence-corrected chi connectivity index (χ3v) is 3.18. The van der Waals surface area contributed by atoms with Gasteiger partial charge >= 0.3 is 5.97 Å². The maximum absolute atomic E-state index is 10.7. The van der Waals surface area contributed by atoms with Crippen LogP contribution in [0.2, 0.25) is 0 Å². The number of nitrogens with zero attached hydrogens (tertiary/aromatic N) is 1. The van der Waals surface area contributed by atoms with E-state index in [1.165, 1.54) is 48.6 Å². The van der Waals surface area contributed by atoms with Gasteiger partial charge in [0.05, 0.1) is 0 Å². The quantitative estimate of drug-likeness (QED) is 0.288. The number of hydrogen-bond acceptors (Lipinski definition) is 6. The van der Waals surface area contributed by atoms with Crippen molar-refractivity contribution in [3.05, 3.63) is 58.0 Å². The van der Waals surface area contributed by atoms with Crippen molar-refractivity contribution in [1.82, 2.24) is 0 Å². The number of benzene rings is 2. The molecule has 24 heavy (non-hydrogen) atoms. The van der Waals surface area contributed by atoms with Crippen LogP contribution >= 0.6 is 0 Å². The van der Waals surface area contributed by atoms with Crippen LogP contribution in [0.1, 0.15) is 16.7 Å². The lowest BCUT2D eigenvalue weighted by atomic mass is 10.0. The van der Waals surface area contributed by atoms with Crippen molar-refractivity contribution >= 4 is 29.9 Å². The molecule has 2 aromatic rings. The summed E-state index contributed by atoms with van der Waals surface area (Å²) >= 11 is 0. The molecule has 0 radical (unpaired) electrons. The number of aliphatic carboxylic acids is 1. The summed E-state index contributed by atoms with van der Waals surface area (Å²) in [6.07, 6.45) is 5.12. The molecule has 0 aliphatic rings. The number of carbonyl (C=O) groups is 1. The van der Waals surface area contributed by atoms with E-state index in [1.807, 2.05) is 0 Å². The summed E-state index contributed by atoms with van der Waals surface area (Å²) in [4.78, 5) is 21.4. The third kappa shape index (κ3) is 3.77. The minimum Gasteiger partial charge on any atom is -0.505 e. The first-order chi connectivity index (χ1) is 11.4. The number of carboxylic acids is 1. The number of phenols is 3. The lowest BCUT2D eigenvalue weighted by molar-refractivity contribution is -0.131. The smallest absolute Gasteiger partial charge is 0.328 e. The summed E-state index contributed by atoms with van der Waals surface area (Å²) in [6, 6.07) is 6.84. The van der Waals surface area contributed by atoms with E-state index >= 15 is 0 Å². The van der Waals surface area contributed by atoms with Gasteiger partial charge in [-0.1, -0.05) is 18.2 Å². The molecule has 122 valence electrons. The first-order valence-electron chi connectivity index (χ1n) is 6.72. The van der Waals surface area contributed by atoms with E-state index in [-0.39, 0.29) is 22.7 Å². The Morgan fingerprint density at radius 2 is 1.71 bits per heavy atom. The molecule has 0 aliphatic heterocycles. The summed E-state index contributed by atoms with van der Waals surface area (Å²) < 4.78 is 0. The monoisotopic (exact) mass is 327 g/mol. The maximum Gasteiger partial charge on any atom is 0.328 e. The number of hydrogen-bond donors (Lipinski definition) is 4. The fourth-order valence-corrected chi connectivity index (χ4v) is 1.99. The number of carboxylic acid groups (broad SMARTS) is 1. The van der Waals surface area contributed by atoms with Gasteiger partial charge in [-0.25, -0.2) is 4.79 Å². The van der Waals surface area contributed by atoms with Crippen molar-refractivity contribution in [1.29, 1.82) is 0 Å². The first kappa shape index (κ1) is 16.8. The van der Waals surface area contributed by atoms with Crippen molar-refractivity contribution in [2.24, 2.45) is 5.18 Å². The molecule has 4 N–H and O–H groups in total. The van der Waals surface area contributed by atoms with E-state index in [4.69, 9.17) is 5.11 Å². The molecule has 0 heterocycles. The molecule has 0 amide bonds. The zero-order chi connectivity index (χ0) is 17.7. The molecule has 0 saturated heterocycles. The number of aromatic hydroxyl groups is 3. The highest BCUT2D eigenvalue weighted by molar-refractivity contribution is 5.88. The van der Waals surface area contributed by atoms with Gasteiger partial charge in [0.15, 0.2) is 17.2 Å². The van der Waals surface area contributed by atoms with Gasteiger partial charge in [0.1, 0.15) is 5.69 Å². The van der Waals surface area contributed by atoms with Gasteiger partial charge in [-0.15, -0.1) is 4.91 Å². The Balaban J connectivity index is 2.49. The summed E-state index contributed by atoms with van der Waals surface area (Å²) in [6.45, 7) is 0. The van der Waals surface area contributed by atoms with E-state index in [2.05, 4.69) is 5.18 Å². The second-order valence-electron chi connectivity index (χ2n) is 4.78. The van der Waals surface area contributed by atoms with Crippen LogP contribution in [0.25, 0.3) is 18.2 Å². The van der Waals surface area contributed by atoms with E-state index in [1.54, 1.807) is 0 Å². The molecule has 7 nitrogen and oxygen atoms in total. The fourth-order valence-electron chi connectivity index (χ4n) is 1.99. The molecule has 7 heteroatoms. The number of nitroso groups, excluding NO2 is 1. The van der Waals surface area contributed by atoms with Crippen molar-refractivity contribution in [2.45, 2.75) is 0 Å². The minimum absolute atomic E-state index is 0.185. The molecule has 0 bridgehead atoms. The molecule has 0 spiro atoms. The first-order valence-corrected chi connectivity index (χ1v) is 6.72. The van der Waals surface area contributed by atoms with Gasteiger partial charge in [-0.3, -0.25) is 0 Å². The highest BCUT2D eigenvalue weighted by Crippen LogP contribution is 2.35. The molecule has 0 aromatic heterocycles. The Morgan fingerprint density at radius 3 is 2.33 bits per heavy atom. The second kappa shape index (κ2) is 7.10. The topological polar surface area (TPSA) is 127 Å². The molecule has 2 rings (SSSR count). The average molecular weight is 327 g/mol. The zero-order valence-corrected chi connectivity index (χ0v) is 12.2. The lowest BCUT2D eigenvalue weighted by Crippen LogP contribution is -1.88. The van der Waals surface area contributed by atoms with Crippen LogP contribution in [-0.2, 0) is 4.79 Å². The molecule has 0 unspecified atom stereocenters. The molecular weight excluding hydrogens is 314 g/mol. The average Bonchev–Trinajstić information content (AvgIpc) is 2.55. The Labute approximate surface area is 136 Å². The van der Waals surface area contributed by atoms with Gasteiger partial charge in [0.2, 0.25) is 0 Å². The summed E-state index contributed by atoms with van der Waals surface area (Å²) in [7, 11) is 0. The van der Waals surface area contributed by atoms with Gasteiger partial charge in [0, 0.05) is 11.6 Å². The molecule has 0 saturated carbocycles. The van der Waals surface area contributed by atoms with E-state index in [0.29, 0.717) is 11.1 Å². The predicted octanol–water partition coefficient (Wildman–Crippen LogP) is 3.47. The largest absolute Gasteiger partial charge is 0.505 e. The van der Waals surface area contributed by atoms with Gasteiger partial charge < -0.3 is 20.4 Å². The highest BCUT2D eigenvalue weighted by Gasteiger charge is 2.10. The standard InChI is InChI=1S/C17H13NO6/c19-14-7-2-10(9-15(14)20)1-5-12-11(4-8-16(21)22)3-6-13(18-24)17(12)23/h1-9,19-20,23H,(H,21,22)/b5-1+,8-4+. The van der Waals surface area contributed by atoms with E-state index in [0.717, 1.165) is 6.08 Å². The third-order valence-electron chi connectivity index (χ3n) is 3.18. The number of rotatable bonds is 5. The normalized spacial score (nSPS) is 11.2. The second-order valence-corrected chi connectivity index (χ2v) is 4.78. The summed E-state index contributed by atoms with van der Waals surface area (Å²) in [5.74, 6) is -2.13. The molecular formula is C17H13NO6. The maximum atomic E-state index is 10.7. The Kier molecular flexibility index (Phi) is 4.96. The van der Waals surface area contributed by atoms with Crippen LogP contribution in [-0.4, -0.2) is 26.4 Å². The fraction of sp³-hybridized carbons (Fsp3) is 0. The van der Waals surface area contributed by atoms with E-state index in [9.17, 15) is 25.0 Å². The van der Waals surface area contributed by atoms with Crippen LogP contribution in [0.5, 0.6) is 17.2 Å². The van der Waals surface area contributed by atoms with Gasteiger partial charge in [-0.05, 0) is 46.7 Å². The Bertz CT molecular complexity index is 854. The van der Waals surface area contributed by atoms with Crippen LogP contribution in [0.3, 0.4) is 0 Å². The number of phenolic OH excluding ortho intramolecular Hbond substituents is 3. The van der Waals surface area contributed by atoms with Crippen molar-refractivity contribution in [3.63, 3.8) is 0 Å². The van der Waals surface area contributed by atoms with Crippen LogP contribution in [0, 0.1) is 4.91 Å². The van der Waals surface area contributed by atoms with Gasteiger partial charge in [-0.2, -0.15) is 0 Å². The van der Waals surface area contributed by atoms with Crippen LogP contribution in [0.15, 0.2) is 41.6 Å². The minimum atomic E-state index is -1.16. The SMILES string of the molecule is O=Nc1ccc(/C=C/C(=O)O)c(/C=C/c2ccc(O)c(O)c2)c1O. The van der Waals surface area contributed by atoms with Gasteiger partial charge in [0.25, 0.3) is 0 Å².